The van der Waals surface area contributed by atoms with Gasteiger partial charge in [0.2, 0.25) is 0 Å². The van der Waals surface area contributed by atoms with Crippen molar-refractivity contribution in [3.63, 3.8) is 0 Å². The SMILES string of the molecule is CC(=O)O[C@H]1C[C@@H](C)[C@]2(CCCC(=O)O2)[C@@]2(C)CCCC(C)(C)[C@H]12. The van der Waals surface area contributed by atoms with Crippen LogP contribution in [0, 0.1) is 22.7 Å². The van der Waals surface area contributed by atoms with Gasteiger partial charge in [0.1, 0.15) is 11.7 Å². The number of carbonyl (C=O) groups is 2. The standard InChI is InChI=1S/C20H32O4/c1-13-12-15(23-14(2)21)17-18(3,4)9-7-10-19(17,5)20(13)11-6-8-16(22)24-20/h13,15,17H,6-12H2,1-5H3/t13-,15+,17+,19+,20-/m1/s1. The second-order valence-electron chi connectivity index (χ2n) is 9.24. The zero-order valence-electron chi connectivity index (χ0n) is 15.8. The Morgan fingerprint density at radius 3 is 2.50 bits per heavy atom. The van der Waals surface area contributed by atoms with Crippen molar-refractivity contribution in [2.24, 2.45) is 22.7 Å². The zero-order valence-corrected chi connectivity index (χ0v) is 15.8. The molecular formula is C20H32O4. The molecule has 0 aromatic rings. The topological polar surface area (TPSA) is 52.6 Å². The maximum Gasteiger partial charge on any atom is 0.306 e. The molecule has 5 atom stereocenters. The summed E-state index contributed by atoms with van der Waals surface area (Å²) in [6.45, 7) is 10.6. The molecule has 1 aliphatic heterocycles. The zero-order chi connectivity index (χ0) is 17.8. The van der Waals surface area contributed by atoms with E-state index >= 15 is 0 Å². The van der Waals surface area contributed by atoms with Crippen molar-refractivity contribution in [1.29, 1.82) is 0 Å². The summed E-state index contributed by atoms with van der Waals surface area (Å²) in [5, 5.41) is 0. The van der Waals surface area contributed by atoms with Gasteiger partial charge in [0, 0.05) is 30.6 Å². The summed E-state index contributed by atoms with van der Waals surface area (Å²) >= 11 is 0. The third-order valence-electron chi connectivity index (χ3n) is 7.31. The summed E-state index contributed by atoms with van der Waals surface area (Å²) in [7, 11) is 0. The lowest BCUT2D eigenvalue weighted by Gasteiger charge is -2.66. The van der Waals surface area contributed by atoms with Crippen molar-refractivity contribution in [3.8, 4) is 0 Å². The molecule has 0 unspecified atom stereocenters. The molecular weight excluding hydrogens is 304 g/mol. The van der Waals surface area contributed by atoms with Gasteiger partial charge in [-0.05, 0) is 37.5 Å². The van der Waals surface area contributed by atoms with Crippen molar-refractivity contribution in [2.45, 2.75) is 91.3 Å². The molecule has 0 amide bonds. The van der Waals surface area contributed by atoms with E-state index in [1.807, 2.05) is 0 Å². The number of ether oxygens (including phenoxy) is 2. The third-order valence-corrected chi connectivity index (χ3v) is 7.31. The van der Waals surface area contributed by atoms with Crippen LogP contribution in [0.2, 0.25) is 0 Å². The lowest BCUT2D eigenvalue weighted by molar-refractivity contribution is -0.267. The summed E-state index contributed by atoms with van der Waals surface area (Å²) in [4.78, 5) is 23.9. The molecule has 3 rings (SSSR count). The van der Waals surface area contributed by atoms with Gasteiger partial charge in [-0.1, -0.05) is 34.1 Å². The van der Waals surface area contributed by atoms with Gasteiger partial charge in [0.25, 0.3) is 0 Å². The average molecular weight is 336 g/mol. The second-order valence-corrected chi connectivity index (χ2v) is 9.24. The first-order valence-electron chi connectivity index (χ1n) is 9.51. The highest BCUT2D eigenvalue weighted by atomic mass is 16.6. The van der Waals surface area contributed by atoms with Crippen molar-refractivity contribution in [1.82, 2.24) is 0 Å². The van der Waals surface area contributed by atoms with Gasteiger partial charge in [-0.25, -0.2) is 0 Å². The van der Waals surface area contributed by atoms with Gasteiger partial charge in [-0.3, -0.25) is 9.59 Å². The van der Waals surface area contributed by atoms with E-state index in [0.29, 0.717) is 6.42 Å². The maximum atomic E-state index is 12.2. The number of hydrogen-bond donors (Lipinski definition) is 0. The molecule has 3 fully saturated rings. The van der Waals surface area contributed by atoms with Crippen LogP contribution in [0.4, 0.5) is 0 Å². The number of hydrogen-bond acceptors (Lipinski definition) is 4. The molecule has 1 spiro atoms. The number of carbonyl (C=O) groups excluding carboxylic acids is 2. The Morgan fingerprint density at radius 1 is 1.17 bits per heavy atom. The lowest BCUT2D eigenvalue weighted by Crippen LogP contribution is -2.68. The number of rotatable bonds is 1. The Bertz CT molecular complexity index is 540. The van der Waals surface area contributed by atoms with Gasteiger partial charge in [0.15, 0.2) is 0 Å². The van der Waals surface area contributed by atoms with Crippen molar-refractivity contribution < 1.29 is 19.1 Å². The Labute approximate surface area is 145 Å². The second kappa shape index (κ2) is 5.74. The Hall–Kier alpha value is -1.06. The van der Waals surface area contributed by atoms with Gasteiger partial charge in [-0.2, -0.15) is 0 Å². The Kier molecular flexibility index (Phi) is 4.25. The summed E-state index contributed by atoms with van der Waals surface area (Å²) in [5.74, 6) is 0.181. The fourth-order valence-electron chi connectivity index (χ4n) is 6.59. The van der Waals surface area contributed by atoms with E-state index in [1.54, 1.807) is 0 Å². The quantitative estimate of drug-likeness (QED) is 0.672. The van der Waals surface area contributed by atoms with Gasteiger partial charge in [-0.15, -0.1) is 0 Å². The minimum atomic E-state index is -0.401. The van der Waals surface area contributed by atoms with Crippen molar-refractivity contribution in [2.75, 3.05) is 0 Å². The van der Waals surface area contributed by atoms with E-state index in [1.165, 1.54) is 6.92 Å². The van der Waals surface area contributed by atoms with Gasteiger partial charge >= 0.3 is 11.9 Å². The smallest absolute Gasteiger partial charge is 0.306 e. The highest BCUT2D eigenvalue weighted by Crippen LogP contribution is 2.66. The summed E-state index contributed by atoms with van der Waals surface area (Å²) < 4.78 is 12.0. The minimum Gasteiger partial charge on any atom is -0.462 e. The maximum absolute atomic E-state index is 12.2. The van der Waals surface area contributed by atoms with Gasteiger partial charge in [0.05, 0.1) is 0 Å². The van der Waals surface area contributed by atoms with Crippen molar-refractivity contribution in [3.05, 3.63) is 0 Å². The molecule has 2 saturated carbocycles. The Morgan fingerprint density at radius 2 is 1.88 bits per heavy atom. The first kappa shape index (κ1) is 17.8. The number of fused-ring (bicyclic) bond motifs is 2. The molecule has 136 valence electrons. The average Bonchev–Trinajstić information content (AvgIpc) is 2.43. The molecule has 4 nitrogen and oxygen atoms in total. The highest BCUT2D eigenvalue weighted by molar-refractivity contribution is 5.71. The fraction of sp³-hybridized carbons (Fsp3) is 0.900. The predicted molar refractivity (Wildman–Crippen MR) is 91.2 cm³/mol. The monoisotopic (exact) mass is 336 g/mol. The van der Waals surface area contributed by atoms with Crippen LogP contribution in [0.25, 0.3) is 0 Å². The molecule has 0 radical (unpaired) electrons. The lowest BCUT2D eigenvalue weighted by atomic mass is 9.43. The van der Waals surface area contributed by atoms with E-state index in [4.69, 9.17) is 9.47 Å². The normalized spacial score (nSPS) is 44.5. The van der Waals surface area contributed by atoms with Crippen LogP contribution < -0.4 is 0 Å². The minimum absolute atomic E-state index is 0.0533. The molecule has 2 aliphatic carbocycles. The first-order valence-corrected chi connectivity index (χ1v) is 9.51. The highest BCUT2D eigenvalue weighted by Gasteiger charge is 2.67. The first-order chi connectivity index (χ1) is 11.1. The molecule has 0 aromatic carbocycles. The summed E-state index contributed by atoms with van der Waals surface area (Å²) in [6.07, 6.45) is 6.39. The van der Waals surface area contributed by atoms with Crippen LogP contribution in [0.5, 0.6) is 0 Å². The van der Waals surface area contributed by atoms with Gasteiger partial charge < -0.3 is 9.47 Å². The predicted octanol–water partition coefficient (Wildman–Crippen LogP) is 4.26. The van der Waals surface area contributed by atoms with E-state index in [2.05, 4.69) is 27.7 Å². The fourth-order valence-corrected chi connectivity index (χ4v) is 6.59. The van der Waals surface area contributed by atoms with Crippen LogP contribution in [0.15, 0.2) is 0 Å². The van der Waals surface area contributed by atoms with E-state index < -0.39 is 5.60 Å². The van der Waals surface area contributed by atoms with Crippen LogP contribution in [-0.4, -0.2) is 23.6 Å². The van der Waals surface area contributed by atoms with Crippen molar-refractivity contribution >= 4 is 11.9 Å². The molecule has 0 bridgehead atoms. The Balaban J connectivity index is 2.08. The largest absolute Gasteiger partial charge is 0.462 e. The molecule has 0 N–H and O–H groups in total. The van der Waals surface area contributed by atoms with Crippen LogP contribution in [0.3, 0.4) is 0 Å². The van der Waals surface area contributed by atoms with E-state index in [9.17, 15) is 9.59 Å². The van der Waals surface area contributed by atoms with E-state index in [-0.39, 0.29) is 40.7 Å². The third kappa shape index (κ3) is 2.48. The molecule has 0 aromatic heterocycles. The molecule has 1 heterocycles. The summed E-state index contributed by atoms with van der Waals surface area (Å²) in [5.41, 5.74) is -0.464. The van der Waals surface area contributed by atoms with Crippen LogP contribution in [-0.2, 0) is 19.1 Å². The molecule has 1 saturated heterocycles. The summed E-state index contributed by atoms with van der Waals surface area (Å²) in [6, 6.07) is 0. The molecule has 24 heavy (non-hydrogen) atoms. The number of esters is 2. The molecule has 3 aliphatic rings. The van der Waals surface area contributed by atoms with E-state index in [0.717, 1.165) is 38.5 Å². The van der Waals surface area contributed by atoms with Crippen LogP contribution in [0.1, 0.15) is 79.6 Å². The molecule has 4 heteroatoms. The van der Waals surface area contributed by atoms with Crippen LogP contribution >= 0.6 is 0 Å².